The molecule has 1 aliphatic carbocycles. The minimum absolute atomic E-state index is 0.0920. The second-order valence-electron chi connectivity index (χ2n) is 12.8. The van der Waals surface area contributed by atoms with Crippen LogP contribution in [-0.4, -0.2) is 83.9 Å². The molecule has 0 radical (unpaired) electrons. The highest BCUT2D eigenvalue weighted by molar-refractivity contribution is 5.99. The van der Waals surface area contributed by atoms with E-state index in [9.17, 15) is 14.4 Å². The van der Waals surface area contributed by atoms with Crippen molar-refractivity contribution in [3.8, 4) is 0 Å². The lowest BCUT2D eigenvalue weighted by atomic mass is 9.85. The Balaban J connectivity index is 1.25. The fourth-order valence-corrected chi connectivity index (χ4v) is 6.54. The summed E-state index contributed by atoms with van der Waals surface area (Å²) in [5.41, 5.74) is 10.5. The standard InChI is InChI=1S/C29H40N6O4/c1-29(2,3)15-22(28(38)35-16-23(32-33-30)26-25(35)24(36)17-39-26)31-27(37)20-9-7-18(8-10-20)19-11-13-34(14-12-19)21-5-4-6-21/h7-10,19,21-23,25-26H,4-6,11-17H2,1-3H3,(H,31,37)/t22-,23+,25+,26+/m0/s1. The van der Waals surface area contributed by atoms with Gasteiger partial charge in [0.15, 0.2) is 5.78 Å². The molecule has 39 heavy (non-hydrogen) atoms. The molecule has 0 unspecified atom stereocenters. The molecule has 1 saturated carbocycles. The zero-order chi connectivity index (χ0) is 27.7. The molecule has 1 aromatic rings. The van der Waals surface area contributed by atoms with Gasteiger partial charge in [-0.2, -0.15) is 0 Å². The van der Waals surface area contributed by atoms with Crippen LogP contribution in [0.1, 0.15) is 81.1 Å². The van der Waals surface area contributed by atoms with E-state index in [1.54, 1.807) is 0 Å². The number of hydrogen-bond acceptors (Lipinski definition) is 6. The van der Waals surface area contributed by atoms with Gasteiger partial charge in [0.1, 0.15) is 18.7 Å². The van der Waals surface area contributed by atoms with Crippen LogP contribution < -0.4 is 5.32 Å². The van der Waals surface area contributed by atoms with Gasteiger partial charge in [-0.1, -0.05) is 44.4 Å². The second kappa shape index (κ2) is 11.3. The lowest BCUT2D eigenvalue weighted by Gasteiger charge is -2.42. The summed E-state index contributed by atoms with van der Waals surface area (Å²) in [6.45, 7) is 8.27. The highest BCUT2D eigenvalue weighted by Crippen LogP contribution is 2.34. The highest BCUT2D eigenvalue weighted by Gasteiger charge is 2.53. The van der Waals surface area contributed by atoms with E-state index in [0.717, 1.165) is 32.0 Å². The topological polar surface area (TPSA) is 128 Å². The molecule has 3 heterocycles. The zero-order valence-corrected chi connectivity index (χ0v) is 23.2. The zero-order valence-electron chi connectivity index (χ0n) is 23.2. The number of Topliss-reactive ketones (excluding diaryl/α,β-unsaturated/α-hetero) is 1. The van der Waals surface area contributed by atoms with Crippen LogP contribution in [0.5, 0.6) is 0 Å². The Labute approximate surface area is 230 Å². The monoisotopic (exact) mass is 536 g/mol. The number of carbonyl (C=O) groups excluding carboxylic acids is 3. The van der Waals surface area contributed by atoms with Crippen LogP contribution in [0.4, 0.5) is 0 Å². The number of likely N-dealkylation sites (tertiary alicyclic amines) is 2. The average Bonchev–Trinajstić information content (AvgIpc) is 3.43. The summed E-state index contributed by atoms with van der Waals surface area (Å²) in [4.78, 5) is 46.6. The van der Waals surface area contributed by atoms with Crippen molar-refractivity contribution in [2.45, 2.75) is 95.5 Å². The number of nitrogens with one attached hydrogen (secondary N) is 1. The summed E-state index contributed by atoms with van der Waals surface area (Å²) in [7, 11) is 0. The Bertz CT molecular complexity index is 1130. The number of nitrogens with zero attached hydrogens (tertiary/aromatic N) is 5. The molecule has 3 aliphatic heterocycles. The van der Waals surface area contributed by atoms with Crippen molar-refractivity contribution < 1.29 is 19.1 Å². The van der Waals surface area contributed by atoms with Gasteiger partial charge in [-0.3, -0.25) is 14.4 Å². The quantitative estimate of drug-likeness (QED) is 0.322. The van der Waals surface area contributed by atoms with Crippen LogP contribution in [-0.2, 0) is 14.3 Å². The van der Waals surface area contributed by atoms with E-state index in [1.807, 2.05) is 45.0 Å². The molecule has 3 saturated heterocycles. The molecule has 0 aromatic heterocycles. The number of ketones is 1. The van der Waals surface area contributed by atoms with Crippen molar-refractivity contribution >= 4 is 17.6 Å². The fourth-order valence-electron chi connectivity index (χ4n) is 6.54. The number of benzene rings is 1. The van der Waals surface area contributed by atoms with Crippen molar-refractivity contribution in [1.29, 1.82) is 0 Å². The Morgan fingerprint density at radius 1 is 1.15 bits per heavy atom. The van der Waals surface area contributed by atoms with Crippen molar-refractivity contribution in [3.05, 3.63) is 45.8 Å². The fraction of sp³-hybridized carbons (Fsp3) is 0.690. The number of piperidine rings is 1. The lowest BCUT2D eigenvalue weighted by molar-refractivity contribution is -0.138. The summed E-state index contributed by atoms with van der Waals surface area (Å²) < 4.78 is 5.55. The number of carbonyl (C=O) groups is 3. The molecule has 0 bridgehead atoms. The molecule has 4 aliphatic rings. The summed E-state index contributed by atoms with van der Waals surface area (Å²) in [6.07, 6.45) is 6.07. The van der Waals surface area contributed by atoms with Gasteiger partial charge < -0.3 is 19.9 Å². The van der Waals surface area contributed by atoms with E-state index < -0.39 is 24.2 Å². The summed E-state index contributed by atoms with van der Waals surface area (Å²) in [5.74, 6) is -0.371. The minimum atomic E-state index is -0.827. The van der Waals surface area contributed by atoms with Crippen molar-refractivity contribution in [3.63, 3.8) is 0 Å². The van der Waals surface area contributed by atoms with Crippen molar-refractivity contribution in [1.82, 2.24) is 15.1 Å². The van der Waals surface area contributed by atoms with Crippen LogP contribution >= 0.6 is 0 Å². The van der Waals surface area contributed by atoms with Gasteiger partial charge in [0.2, 0.25) is 5.91 Å². The van der Waals surface area contributed by atoms with Crippen LogP contribution in [0.3, 0.4) is 0 Å². The maximum atomic E-state index is 13.8. The molecule has 4 fully saturated rings. The smallest absolute Gasteiger partial charge is 0.251 e. The maximum Gasteiger partial charge on any atom is 0.251 e. The number of hydrogen-bond donors (Lipinski definition) is 1. The second-order valence-corrected chi connectivity index (χ2v) is 12.8. The first kappa shape index (κ1) is 27.6. The van der Waals surface area contributed by atoms with Crippen molar-refractivity contribution in [2.75, 3.05) is 26.2 Å². The summed E-state index contributed by atoms with van der Waals surface area (Å²) >= 11 is 0. The number of ether oxygens (including phenoxy) is 1. The molecule has 4 atom stereocenters. The van der Waals surface area contributed by atoms with Crippen LogP contribution in [0.2, 0.25) is 0 Å². The van der Waals surface area contributed by atoms with E-state index in [2.05, 4.69) is 20.2 Å². The first-order valence-corrected chi connectivity index (χ1v) is 14.3. The molecule has 1 N–H and O–H groups in total. The number of azide groups is 1. The molecule has 10 nitrogen and oxygen atoms in total. The van der Waals surface area contributed by atoms with Gasteiger partial charge in [0.05, 0.1) is 12.1 Å². The van der Waals surface area contributed by atoms with E-state index in [-0.39, 0.29) is 36.2 Å². The Hall–Kier alpha value is -2.94. The van der Waals surface area contributed by atoms with Crippen LogP contribution in [0, 0.1) is 5.41 Å². The third kappa shape index (κ3) is 5.98. The Kier molecular flexibility index (Phi) is 7.99. The molecule has 5 rings (SSSR count). The summed E-state index contributed by atoms with van der Waals surface area (Å²) in [5, 5.41) is 6.71. The van der Waals surface area contributed by atoms with Gasteiger partial charge in [-0.25, -0.2) is 0 Å². The number of fused-ring (bicyclic) bond motifs is 1. The van der Waals surface area contributed by atoms with Gasteiger partial charge in [0, 0.05) is 23.1 Å². The van der Waals surface area contributed by atoms with Crippen LogP contribution in [0.15, 0.2) is 29.4 Å². The van der Waals surface area contributed by atoms with E-state index in [4.69, 9.17) is 10.3 Å². The van der Waals surface area contributed by atoms with Crippen molar-refractivity contribution in [2.24, 2.45) is 10.5 Å². The lowest BCUT2D eigenvalue weighted by Crippen LogP contribution is -2.53. The predicted octanol–water partition coefficient (Wildman–Crippen LogP) is 3.81. The number of amides is 2. The molecule has 0 spiro atoms. The largest absolute Gasteiger partial charge is 0.367 e. The Morgan fingerprint density at radius 2 is 1.85 bits per heavy atom. The van der Waals surface area contributed by atoms with Gasteiger partial charge in [0.25, 0.3) is 5.91 Å². The molecule has 2 amide bonds. The molecule has 210 valence electrons. The SMILES string of the molecule is CC(C)(C)C[C@H](NC(=O)c1ccc(C2CCN(C3CCC3)CC2)cc1)C(=O)N1C[C@@H](N=[N+]=[N-])[C@H]2OCC(=O)[C@H]21. The third-order valence-electron chi connectivity index (χ3n) is 8.83. The van der Waals surface area contributed by atoms with Gasteiger partial charge >= 0.3 is 0 Å². The molecular formula is C29H40N6O4. The van der Waals surface area contributed by atoms with Crippen LogP contribution in [0.25, 0.3) is 10.4 Å². The first-order chi connectivity index (χ1) is 18.6. The van der Waals surface area contributed by atoms with E-state index >= 15 is 0 Å². The normalized spacial score (nSPS) is 27.0. The molecular weight excluding hydrogens is 496 g/mol. The van der Waals surface area contributed by atoms with E-state index in [0.29, 0.717) is 17.9 Å². The Morgan fingerprint density at radius 3 is 2.44 bits per heavy atom. The van der Waals surface area contributed by atoms with Gasteiger partial charge in [-0.15, -0.1) is 0 Å². The minimum Gasteiger partial charge on any atom is -0.367 e. The molecule has 10 heteroatoms. The van der Waals surface area contributed by atoms with Gasteiger partial charge in [-0.05, 0) is 79.8 Å². The average molecular weight is 537 g/mol. The summed E-state index contributed by atoms with van der Waals surface area (Å²) in [6, 6.07) is 6.33. The molecule has 1 aromatic carbocycles. The third-order valence-corrected chi connectivity index (χ3v) is 8.83. The highest BCUT2D eigenvalue weighted by atomic mass is 16.5. The predicted molar refractivity (Wildman–Crippen MR) is 146 cm³/mol. The van der Waals surface area contributed by atoms with E-state index in [1.165, 1.54) is 29.7 Å². The maximum absolute atomic E-state index is 13.8. The number of rotatable bonds is 7. The first-order valence-electron chi connectivity index (χ1n) is 14.3.